The van der Waals surface area contributed by atoms with Crippen molar-refractivity contribution < 1.29 is 27.5 Å². The molecule has 0 unspecified atom stereocenters. The van der Waals surface area contributed by atoms with Gasteiger partial charge in [0.2, 0.25) is 5.91 Å². The van der Waals surface area contributed by atoms with Gasteiger partial charge < -0.3 is 10.1 Å². The number of nitrogens with zero attached hydrogens (tertiary/aromatic N) is 1. The molecular weight excluding hydrogens is 408 g/mol. The minimum atomic E-state index is -3.88. The molecule has 9 heteroatoms. The van der Waals surface area contributed by atoms with Gasteiger partial charge in [0.25, 0.3) is 15.9 Å². The zero-order chi connectivity index (χ0) is 21.9. The van der Waals surface area contributed by atoms with Gasteiger partial charge in [-0.05, 0) is 50.1 Å². The van der Waals surface area contributed by atoms with Gasteiger partial charge in [0.15, 0.2) is 0 Å². The van der Waals surface area contributed by atoms with Crippen LogP contribution in [0.2, 0.25) is 0 Å². The summed E-state index contributed by atoms with van der Waals surface area (Å²) < 4.78 is 30.8. The van der Waals surface area contributed by atoms with Crippen LogP contribution < -0.4 is 5.32 Å². The highest BCUT2D eigenvalue weighted by Gasteiger charge is 2.40. The maximum Gasteiger partial charge on any atom is 0.338 e. The number of ether oxygens (including phenoxy) is 1. The standard InChI is InChI=1S/C21H22N2O6S/c1-3-29-21(26)15-11-10-14(2)17(13-15)22-19(24)9-6-12-23-20(25)16-7-4-5-8-18(16)30(23,27)28/h4-5,7-8,10-11,13H,3,6,9,12H2,1-2H3,(H,22,24). The summed E-state index contributed by atoms with van der Waals surface area (Å²) in [6.45, 7) is 3.65. The first-order valence-electron chi connectivity index (χ1n) is 9.49. The Labute approximate surface area is 174 Å². The Balaban J connectivity index is 1.61. The predicted octanol–water partition coefficient (Wildman–Crippen LogP) is 2.74. The third kappa shape index (κ3) is 4.20. The molecule has 2 amide bonds. The van der Waals surface area contributed by atoms with Crippen molar-refractivity contribution in [3.63, 3.8) is 0 Å². The topological polar surface area (TPSA) is 110 Å². The lowest BCUT2D eigenvalue weighted by Gasteiger charge is -2.15. The van der Waals surface area contributed by atoms with E-state index in [1.165, 1.54) is 18.2 Å². The molecule has 1 aliphatic rings. The Kier molecular flexibility index (Phi) is 6.21. The van der Waals surface area contributed by atoms with Gasteiger partial charge in [0, 0.05) is 18.7 Å². The molecule has 1 aliphatic heterocycles. The second-order valence-electron chi connectivity index (χ2n) is 6.78. The van der Waals surface area contributed by atoms with Crippen molar-refractivity contribution in [2.75, 3.05) is 18.5 Å². The summed E-state index contributed by atoms with van der Waals surface area (Å²) in [6.07, 6.45) is 0.181. The van der Waals surface area contributed by atoms with E-state index in [0.29, 0.717) is 11.3 Å². The van der Waals surface area contributed by atoms with Crippen molar-refractivity contribution in [1.82, 2.24) is 4.31 Å². The summed E-state index contributed by atoms with van der Waals surface area (Å²) in [6, 6.07) is 10.9. The van der Waals surface area contributed by atoms with E-state index in [4.69, 9.17) is 4.74 Å². The number of sulfonamides is 1. The van der Waals surface area contributed by atoms with E-state index in [2.05, 4.69) is 5.32 Å². The highest BCUT2D eigenvalue weighted by Crippen LogP contribution is 2.30. The number of benzene rings is 2. The molecule has 0 aromatic heterocycles. The Morgan fingerprint density at radius 2 is 1.87 bits per heavy atom. The molecule has 0 spiro atoms. The van der Waals surface area contributed by atoms with Gasteiger partial charge in [0.05, 0.1) is 17.7 Å². The zero-order valence-corrected chi connectivity index (χ0v) is 17.5. The molecule has 0 aliphatic carbocycles. The molecular formula is C21H22N2O6S. The number of carbonyl (C=O) groups is 3. The van der Waals surface area contributed by atoms with Gasteiger partial charge >= 0.3 is 5.97 Å². The molecule has 158 valence electrons. The van der Waals surface area contributed by atoms with Gasteiger partial charge in [-0.2, -0.15) is 0 Å². The fraction of sp³-hybridized carbons (Fsp3) is 0.286. The lowest BCUT2D eigenvalue weighted by Crippen LogP contribution is -2.31. The molecule has 0 atom stereocenters. The number of fused-ring (bicyclic) bond motifs is 1. The van der Waals surface area contributed by atoms with Crippen LogP contribution in [0, 0.1) is 6.92 Å². The van der Waals surface area contributed by atoms with Crippen molar-refractivity contribution in [1.29, 1.82) is 0 Å². The Bertz CT molecular complexity index is 1110. The van der Waals surface area contributed by atoms with Crippen molar-refractivity contribution in [3.05, 3.63) is 59.2 Å². The summed E-state index contributed by atoms with van der Waals surface area (Å²) in [4.78, 5) is 36.6. The highest BCUT2D eigenvalue weighted by molar-refractivity contribution is 7.90. The third-order valence-corrected chi connectivity index (χ3v) is 6.54. The first kappa shape index (κ1) is 21.5. The van der Waals surface area contributed by atoms with Crippen molar-refractivity contribution >= 4 is 33.5 Å². The molecule has 1 heterocycles. The molecule has 2 aromatic rings. The summed E-state index contributed by atoms with van der Waals surface area (Å²) in [5, 5.41) is 2.72. The number of hydrogen-bond donors (Lipinski definition) is 1. The number of anilines is 1. The summed E-state index contributed by atoms with van der Waals surface area (Å²) in [5.41, 5.74) is 1.71. The first-order chi connectivity index (χ1) is 14.3. The highest BCUT2D eigenvalue weighted by atomic mass is 32.2. The molecule has 8 nitrogen and oxygen atoms in total. The lowest BCUT2D eigenvalue weighted by atomic mass is 10.1. The van der Waals surface area contributed by atoms with Gasteiger partial charge in [-0.1, -0.05) is 18.2 Å². The predicted molar refractivity (Wildman–Crippen MR) is 110 cm³/mol. The Morgan fingerprint density at radius 1 is 1.13 bits per heavy atom. The molecule has 0 saturated carbocycles. The summed E-state index contributed by atoms with van der Waals surface area (Å²) in [5.74, 6) is -1.41. The van der Waals surface area contributed by atoms with Gasteiger partial charge in [0.1, 0.15) is 4.90 Å². The molecule has 1 N–H and O–H groups in total. The Hall–Kier alpha value is -3.20. The molecule has 0 fully saturated rings. The Morgan fingerprint density at radius 3 is 2.57 bits per heavy atom. The van der Waals surface area contributed by atoms with E-state index in [0.717, 1.165) is 9.87 Å². The number of nitrogens with one attached hydrogen (secondary N) is 1. The van der Waals surface area contributed by atoms with E-state index in [1.807, 2.05) is 0 Å². The van der Waals surface area contributed by atoms with Crippen LogP contribution in [0.4, 0.5) is 5.69 Å². The third-order valence-electron chi connectivity index (χ3n) is 4.70. The number of hydrogen-bond acceptors (Lipinski definition) is 6. The van der Waals surface area contributed by atoms with Crippen LogP contribution in [0.15, 0.2) is 47.4 Å². The van der Waals surface area contributed by atoms with Crippen LogP contribution in [-0.2, 0) is 19.6 Å². The second kappa shape index (κ2) is 8.66. The van der Waals surface area contributed by atoms with Crippen LogP contribution in [0.5, 0.6) is 0 Å². The molecule has 30 heavy (non-hydrogen) atoms. The fourth-order valence-corrected chi connectivity index (χ4v) is 4.75. The molecule has 3 rings (SSSR count). The average molecular weight is 430 g/mol. The van der Waals surface area contributed by atoms with Gasteiger partial charge in [-0.15, -0.1) is 0 Å². The minimum Gasteiger partial charge on any atom is -0.462 e. The van der Waals surface area contributed by atoms with Crippen LogP contribution in [-0.4, -0.2) is 43.7 Å². The lowest BCUT2D eigenvalue weighted by molar-refractivity contribution is -0.116. The van der Waals surface area contributed by atoms with E-state index in [-0.39, 0.29) is 42.4 Å². The van der Waals surface area contributed by atoms with Crippen molar-refractivity contribution in [3.8, 4) is 0 Å². The summed E-state index contributed by atoms with van der Waals surface area (Å²) >= 11 is 0. The van der Waals surface area contributed by atoms with E-state index >= 15 is 0 Å². The number of carbonyl (C=O) groups excluding carboxylic acids is 3. The van der Waals surface area contributed by atoms with E-state index in [1.54, 1.807) is 38.1 Å². The maximum absolute atomic E-state index is 12.5. The molecule has 0 saturated heterocycles. The van der Waals surface area contributed by atoms with Crippen LogP contribution in [0.25, 0.3) is 0 Å². The number of esters is 1. The first-order valence-corrected chi connectivity index (χ1v) is 10.9. The van der Waals surface area contributed by atoms with Crippen LogP contribution in [0.3, 0.4) is 0 Å². The number of amides is 2. The molecule has 0 bridgehead atoms. The smallest absolute Gasteiger partial charge is 0.338 e. The normalized spacial score (nSPS) is 14.3. The second-order valence-corrected chi connectivity index (χ2v) is 8.61. The molecule has 0 radical (unpaired) electrons. The zero-order valence-electron chi connectivity index (χ0n) is 16.7. The van der Waals surface area contributed by atoms with Crippen LogP contribution in [0.1, 0.15) is 46.0 Å². The van der Waals surface area contributed by atoms with Crippen molar-refractivity contribution in [2.24, 2.45) is 0 Å². The summed E-state index contributed by atoms with van der Waals surface area (Å²) in [7, 11) is -3.88. The quantitative estimate of drug-likeness (QED) is 0.677. The fourth-order valence-electron chi connectivity index (χ4n) is 3.15. The van der Waals surface area contributed by atoms with Crippen LogP contribution >= 0.6 is 0 Å². The number of rotatable bonds is 7. The maximum atomic E-state index is 12.5. The molecule has 2 aromatic carbocycles. The monoisotopic (exact) mass is 430 g/mol. The van der Waals surface area contributed by atoms with Crippen molar-refractivity contribution in [2.45, 2.75) is 31.6 Å². The largest absolute Gasteiger partial charge is 0.462 e. The van der Waals surface area contributed by atoms with Gasteiger partial charge in [-0.25, -0.2) is 17.5 Å². The van der Waals surface area contributed by atoms with E-state index < -0.39 is 21.9 Å². The SMILES string of the molecule is CCOC(=O)c1ccc(C)c(NC(=O)CCCN2C(=O)c3ccccc3S2(=O)=O)c1. The van der Waals surface area contributed by atoms with Gasteiger partial charge in [-0.3, -0.25) is 9.59 Å². The van der Waals surface area contributed by atoms with E-state index in [9.17, 15) is 22.8 Å². The minimum absolute atomic E-state index is 0.00847. The average Bonchev–Trinajstić information content (AvgIpc) is 2.90. The number of aryl methyl sites for hydroxylation is 1.